The Morgan fingerprint density at radius 3 is 2.23 bits per heavy atom. The molecule has 9 nitrogen and oxygen atoms in total. The van der Waals surface area contributed by atoms with E-state index in [1.165, 1.54) is 0 Å². The number of β-amino-alcohol motifs (C(OH)–C–C–N with tert-alkyl or cyclic N) is 1. The number of para-hydroxylation sites is 1. The number of aliphatic hydroxyl groups excluding tert-OH is 1. The van der Waals surface area contributed by atoms with Gasteiger partial charge in [0.2, 0.25) is 0 Å². The van der Waals surface area contributed by atoms with E-state index >= 15 is 0 Å². The molecule has 0 bridgehead atoms. The molecule has 2 aliphatic heterocycles. The number of methoxy groups -OCH3 is 1. The van der Waals surface area contributed by atoms with E-state index in [2.05, 4.69) is 9.80 Å². The maximum Gasteiger partial charge on any atom is 0.282 e. The third-order valence-electron chi connectivity index (χ3n) is 5.68. The van der Waals surface area contributed by atoms with E-state index in [9.17, 15) is 13.5 Å². The Labute approximate surface area is 179 Å². The number of likely N-dealkylation sites (N-methyl/N-ethyl adjacent to an activating group) is 1. The van der Waals surface area contributed by atoms with Gasteiger partial charge in [0, 0.05) is 64.5 Å². The highest BCUT2D eigenvalue weighted by molar-refractivity contribution is 7.86. The monoisotopic (exact) mass is 442 g/mol. The van der Waals surface area contributed by atoms with Crippen molar-refractivity contribution >= 4 is 10.2 Å². The van der Waals surface area contributed by atoms with Crippen LogP contribution in [0.3, 0.4) is 0 Å². The van der Waals surface area contributed by atoms with Gasteiger partial charge >= 0.3 is 0 Å². The van der Waals surface area contributed by atoms with Crippen molar-refractivity contribution in [3.8, 4) is 5.75 Å². The quantitative estimate of drug-likeness (QED) is 0.561. The fourth-order valence-electron chi connectivity index (χ4n) is 3.80. The van der Waals surface area contributed by atoms with Crippen LogP contribution in [-0.4, -0.2) is 118 Å². The molecule has 1 aromatic rings. The second-order valence-corrected chi connectivity index (χ2v) is 9.82. The highest BCUT2D eigenvalue weighted by Crippen LogP contribution is 2.18. The summed E-state index contributed by atoms with van der Waals surface area (Å²) >= 11 is 0. The number of ether oxygens (including phenoxy) is 2. The topological polar surface area (TPSA) is 85.8 Å². The molecular formula is C20H34N4O5S. The maximum atomic E-state index is 12.8. The van der Waals surface area contributed by atoms with Crippen molar-refractivity contribution in [1.82, 2.24) is 18.4 Å². The summed E-state index contributed by atoms with van der Waals surface area (Å²) in [6, 6.07) is 7.64. The van der Waals surface area contributed by atoms with E-state index < -0.39 is 16.3 Å². The zero-order valence-electron chi connectivity index (χ0n) is 17.9. The number of piperazine rings is 2. The summed E-state index contributed by atoms with van der Waals surface area (Å²) in [5.41, 5.74) is 0.940. The van der Waals surface area contributed by atoms with Gasteiger partial charge in [0.25, 0.3) is 10.2 Å². The molecule has 10 heteroatoms. The van der Waals surface area contributed by atoms with Gasteiger partial charge in [0.15, 0.2) is 0 Å². The predicted octanol–water partition coefficient (Wildman–Crippen LogP) is -0.317. The first-order valence-electron chi connectivity index (χ1n) is 10.4. The summed E-state index contributed by atoms with van der Waals surface area (Å²) in [5, 5.41) is 10.3. The number of hydrogen-bond donors (Lipinski definition) is 1. The molecule has 3 rings (SSSR count). The van der Waals surface area contributed by atoms with E-state index in [4.69, 9.17) is 9.47 Å². The van der Waals surface area contributed by atoms with E-state index in [1.807, 2.05) is 31.3 Å². The van der Waals surface area contributed by atoms with Gasteiger partial charge in [0.05, 0.1) is 26.4 Å². The number of nitrogens with zero attached hydrogens (tertiary/aromatic N) is 4. The molecule has 1 aromatic carbocycles. The molecule has 2 heterocycles. The average molecular weight is 443 g/mol. The second-order valence-electron chi connectivity index (χ2n) is 7.89. The highest BCUT2D eigenvalue weighted by Gasteiger charge is 2.34. The SMILES string of the molecule is COc1ccccc1COCC(O)CN1CCN(S(=O)(=O)N2CCN(C)CC2)CC1. The molecule has 0 aliphatic carbocycles. The number of hydrogen-bond acceptors (Lipinski definition) is 7. The third kappa shape index (κ3) is 6.13. The second kappa shape index (κ2) is 10.9. The fraction of sp³-hybridized carbons (Fsp3) is 0.700. The molecule has 1 N–H and O–H groups in total. The minimum absolute atomic E-state index is 0.220. The summed E-state index contributed by atoms with van der Waals surface area (Å²) in [5.74, 6) is 0.768. The van der Waals surface area contributed by atoms with E-state index in [-0.39, 0.29) is 6.61 Å². The van der Waals surface area contributed by atoms with E-state index in [0.29, 0.717) is 52.4 Å². The van der Waals surface area contributed by atoms with Crippen LogP contribution < -0.4 is 4.74 Å². The van der Waals surface area contributed by atoms with E-state index in [0.717, 1.165) is 24.4 Å². The van der Waals surface area contributed by atoms with E-state index in [1.54, 1.807) is 15.7 Å². The van der Waals surface area contributed by atoms with Crippen LogP contribution in [0.2, 0.25) is 0 Å². The predicted molar refractivity (Wildman–Crippen MR) is 115 cm³/mol. The van der Waals surface area contributed by atoms with Gasteiger partial charge in [-0.25, -0.2) is 0 Å². The third-order valence-corrected chi connectivity index (χ3v) is 7.71. The van der Waals surface area contributed by atoms with Crippen LogP contribution in [0.4, 0.5) is 0 Å². The van der Waals surface area contributed by atoms with Crippen molar-refractivity contribution in [1.29, 1.82) is 0 Å². The molecule has 0 aromatic heterocycles. The number of benzene rings is 1. The summed E-state index contributed by atoms with van der Waals surface area (Å²) < 4.78 is 39.8. The first kappa shape index (κ1) is 23.4. The van der Waals surface area contributed by atoms with Gasteiger partial charge in [-0.1, -0.05) is 18.2 Å². The van der Waals surface area contributed by atoms with Crippen molar-refractivity contribution in [2.45, 2.75) is 12.7 Å². The van der Waals surface area contributed by atoms with Gasteiger partial charge in [-0.2, -0.15) is 17.0 Å². The summed E-state index contributed by atoms with van der Waals surface area (Å²) in [6.07, 6.45) is -0.625. The molecule has 2 aliphatic rings. The van der Waals surface area contributed by atoms with Crippen molar-refractivity contribution in [2.24, 2.45) is 0 Å². The molecule has 0 amide bonds. The van der Waals surface area contributed by atoms with Crippen LogP contribution in [0.15, 0.2) is 24.3 Å². The van der Waals surface area contributed by atoms with Crippen LogP contribution in [0.25, 0.3) is 0 Å². The Morgan fingerprint density at radius 2 is 1.60 bits per heavy atom. The summed E-state index contributed by atoms with van der Waals surface area (Å²) in [6.45, 7) is 5.79. The molecule has 1 unspecified atom stereocenters. The van der Waals surface area contributed by atoms with Gasteiger partial charge in [-0.15, -0.1) is 0 Å². The molecule has 30 heavy (non-hydrogen) atoms. The van der Waals surface area contributed by atoms with Crippen molar-refractivity contribution in [2.75, 3.05) is 79.7 Å². The lowest BCUT2D eigenvalue weighted by atomic mass is 10.2. The zero-order valence-corrected chi connectivity index (χ0v) is 18.8. The minimum atomic E-state index is -3.40. The van der Waals surface area contributed by atoms with Gasteiger partial charge < -0.3 is 19.5 Å². The van der Waals surface area contributed by atoms with Crippen molar-refractivity contribution in [3.05, 3.63) is 29.8 Å². The lowest BCUT2D eigenvalue weighted by molar-refractivity contribution is 0.00469. The van der Waals surface area contributed by atoms with Crippen molar-refractivity contribution < 1.29 is 23.0 Å². The first-order chi connectivity index (χ1) is 14.4. The van der Waals surface area contributed by atoms with Gasteiger partial charge in [-0.3, -0.25) is 4.90 Å². The number of rotatable bonds is 9. The molecule has 0 radical (unpaired) electrons. The first-order valence-corrected chi connectivity index (χ1v) is 11.8. The maximum absolute atomic E-state index is 12.8. The molecule has 2 fully saturated rings. The molecule has 0 spiro atoms. The standard InChI is InChI=1S/C20H34N4O5S/c1-21-7-11-23(12-8-21)30(26,27)24-13-9-22(10-14-24)15-19(25)17-29-16-18-5-3-4-6-20(18)28-2/h3-6,19,25H,7-17H2,1-2H3. The summed E-state index contributed by atoms with van der Waals surface area (Å²) in [4.78, 5) is 4.23. The average Bonchev–Trinajstić information content (AvgIpc) is 2.75. The van der Waals surface area contributed by atoms with Crippen molar-refractivity contribution in [3.63, 3.8) is 0 Å². The van der Waals surface area contributed by atoms with Gasteiger partial charge in [0.1, 0.15) is 5.75 Å². The Bertz CT molecular complexity index is 762. The molecule has 0 saturated carbocycles. The normalized spacial score (nSPS) is 21.6. The molecular weight excluding hydrogens is 408 g/mol. The van der Waals surface area contributed by atoms with Crippen LogP contribution in [0.1, 0.15) is 5.56 Å². The molecule has 2 saturated heterocycles. The zero-order chi connectivity index (χ0) is 21.6. The smallest absolute Gasteiger partial charge is 0.282 e. The van der Waals surface area contributed by atoms with Crippen LogP contribution in [-0.2, 0) is 21.6 Å². The Balaban J connectivity index is 1.39. The van der Waals surface area contributed by atoms with Gasteiger partial charge in [-0.05, 0) is 13.1 Å². The Kier molecular flexibility index (Phi) is 8.46. The molecule has 170 valence electrons. The number of aliphatic hydroxyl groups is 1. The Hall–Kier alpha value is -1.27. The van der Waals surface area contributed by atoms with Crippen LogP contribution in [0, 0.1) is 0 Å². The largest absolute Gasteiger partial charge is 0.496 e. The lowest BCUT2D eigenvalue weighted by Gasteiger charge is -2.39. The fourth-order valence-corrected chi connectivity index (χ4v) is 5.38. The minimum Gasteiger partial charge on any atom is -0.496 e. The van der Waals surface area contributed by atoms with Crippen LogP contribution in [0.5, 0.6) is 5.75 Å². The highest BCUT2D eigenvalue weighted by atomic mass is 32.2. The van der Waals surface area contributed by atoms with Crippen LogP contribution >= 0.6 is 0 Å². The molecule has 1 atom stereocenters. The Morgan fingerprint density at radius 1 is 1.00 bits per heavy atom. The summed E-state index contributed by atoms with van der Waals surface area (Å²) in [7, 11) is 0.233. The lowest BCUT2D eigenvalue weighted by Crippen LogP contribution is -2.57.